The Morgan fingerprint density at radius 3 is 2.45 bits per heavy atom. The molecule has 3 nitrogen and oxygen atoms in total. The molecule has 0 bridgehead atoms. The van der Waals surface area contributed by atoms with E-state index >= 15 is 0 Å². The van der Waals surface area contributed by atoms with E-state index < -0.39 is 6.04 Å². The van der Waals surface area contributed by atoms with Gasteiger partial charge < -0.3 is 11.1 Å². The lowest BCUT2D eigenvalue weighted by Gasteiger charge is -2.12. The van der Waals surface area contributed by atoms with Crippen LogP contribution >= 0.6 is 0 Å². The van der Waals surface area contributed by atoms with Crippen LogP contribution in [-0.2, 0) is 11.2 Å². The van der Waals surface area contributed by atoms with Crippen molar-refractivity contribution in [3.8, 4) is 0 Å². The molecule has 104 valence electrons. The number of hydrogen-bond acceptors (Lipinski definition) is 2. The van der Waals surface area contributed by atoms with E-state index in [1.807, 2.05) is 18.2 Å². The van der Waals surface area contributed by atoms with E-state index in [-0.39, 0.29) is 11.7 Å². The fourth-order valence-corrected chi connectivity index (χ4v) is 1.94. The third kappa shape index (κ3) is 3.65. The molecular weight excluding hydrogens is 255 g/mol. The summed E-state index contributed by atoms with van der Waals surface area (Å²) >= 11 is 0. The molecule has 0 spiro atoms. The number of nitrogens with one attached hydrogen (secondary N) is 1. The Labute approximate surface area is 117 Å². The standard InChI is InChI=1S/C16H17FN2O/c17-14-9-5-4-6-12(14)10-11-19-16(20)15(18)13-7-2-1-3-8-13/h1-9,15H,10-11,18H2,(H,19,20)/t15-/m0/s1. The van der Waals surface area contributed by atoms with Gasteiger partial charge in [0.2, 0.25) is 5.91 Å². The molecule has 2 rings (SSSR count). The molecule has 0 fully saturated rings. The average Bonchev–Trinajstić information content (AvgIpc) is 2.49. The maximum atomic E-state index is 13.4. The van der Waals surface area contributed by atoms with Crippen molar-refractivity contribution in [3.05, 3.63) is 71.5 Å². The van der Waals surface area contributed by atoms with E-state index in [1.165, 1.54) is 6.07 Å². The maximum Gasteiger partial charge on any atom is 0.241 e. The Balaban J connectivity index is 1.85. The van der Waals surface area contributed by atoms with E-state index in [1.54, 1.807) is 30.3 Å². The minimum Gasteiger partial charge on any atom is -0.354 e. The number of halogens is 1. The zero-order chi connectivity index (χ0) is 14.4. The van der Waals surface area contributed by atoms with Gasteiger partial charge in [0.05, 0.1) is 0 Å². The Morgan fingerprint density at radius 1 is 1.10 bits per heavy atom. The first-order valence-electron chi connectivity index (χ1n) is 6.50. The van der Waals surface area contributed by atoms with Crippen molar-refractivity contribution in [2.24, 2.45) is 5.73 Å². The van der Waals surface area contributed by atoms with E-state index in [4.69, 9.17) is 5.73 Å². The number of nitrogens with two attached hydrogens (primary N) is 1. The molecule has 0 saturated carbocycles. The highest BCUT2D eigenvalue weighted by molar-refractivity contribution is 5.82. The van der Waals surface area contributed by atoms with Crippen LogP contribution in [0.2, 0.25) is 0 Å². The van der Waals surface area contributed by atoms with E-state index in [0.29, 0.717) is 18.5 Å². The summed E-state index contributed by atoms with van der Waals surface area (Å²) in [7, 11) is 0. The first-order valence-corrected chi connectivity index (χ1v) is 6.50. The second-order valence-electron chi connectivity index (χ2n) is 4.52. The molecule has 0 aliphatic rings. The van der Waals surface area contributed by atoms with E-state index in [9.17, 15) is 9.18 Å². The zero-order valence-corrected chi connectivity index (χ0v) is 11.1. The summed E-state index contributed by atoms with van der Waals surface area (Å²) in [6.45, 7) is 0.361. The van der Waals surface area contributed by atoms with E-state index in [2.05, 4.69) is 5.32 Å². The first kappa shape index (κ1) is 14.2. The predicted octanol–water partition coefficient (Wildman–Crippen LogP) is 2.18. The van der Waals surface area contributed by atoms with Gasteiger partial charge in [0.1, 0.15) is 11.9 Å². The topological polar surface area (TPSA) is 55.1 Å². The Hall–Kier alpha value is -2.20. The fourth-order valence-electron chi connectivity index (χ4n) is 1.94. The minimum atomic E-state index is -0.697. The largest absolute Gasteiger partial charge is 0.354 e. The van der Waals surface area contributed by atoms with Crippen LogP contribution in [-0.4, -0.2) is 12.5 Å². The molecule has 20 heavy (non-hydrogen) atoms. The van der Waals surface area contributed by atoms with Gasteiger partial charge in [0, 0.05) is 6.54 Å². The third-order valence-electron chi connectivity index (χ3n) is 3.09. The van der Waals surface area contributed by atoms with Gasteiger partial charge in [-0.15, -0.1) is 0 Å². The van der Waals surface area contributed by atoms with Gasteiger partial charge in [-0.25, -0.2) is 4.39 Å². The summed E-state index contributed by atoms with van der Waals surface area (Å²) in [5.74, 6) is -0.512. The quantitative estimate of drug-likeness (QED) is 0.876. The van der Waals surface area contributed by atoms with Crippen LogP contribution in [0.4, 0.5) is 4.39 Å². The van der Waals surface area contributed by atoms with Crippen LogP contribution in [0.25, 0.3) is 0 Å². The Morgan fingerprint density at radius 2 is 1.75 bits per heavy atom. The minimum absolute atomic E-state index is 0.255. The van der Waals surface area contributed by atoms with Gasteiger partial charge in [-0.05, 0) is 23.6 Å². The van der Waals surface area contributed by atoms with Gasteiger partial charge in [-0.2, -0.15) is 0 Å². The SMILES string of the molecule is N[C@H](C(=O)NCCc1ccccc1F)c1ccccc1. The molecule has 3 N–H and O–H groups in total. The molecule has 2 aromatic carbocycles. The normalized spacial score (nSPS) is 11.9. The Bertz CT molecular complexity index is 572. The van der Waals surface area contributed by atoms with Crippen molar-refractivity contribution in [1.29, 1.82) is 0 Å². The highest BCUT2D eigenvalue weighted by Crippen LogP contribution is 2.10. The number of hydrogen-bond donors (Lipinski definition) is 2. The summed E-state index contributed by atoms with van der Waals surface area (Å²) in [4.78, 5) is 11.9. The van der Waals surface area contributed by atoms with Crippen LogP contribution in [0, 0.1) is 5.82 Å². The molecule has 0 aromatic heterocycles. The number of benzene rings is 2. The summed E-state index contributed by atoms with van der Waals surface area (Å²) in [6.07, 6.45) is 0.444. The van der Waals surface area contributed by atoms with Gasteiger partial charge in [0.15, 0.2) is 0 Å². The summed E-state index contributed by atoms with van der Waals surface area (Å²) in [5, 5.41) is 2.73. The third-order valence-corrected chi connectivity index (χ3v) is 3.09. The first-order chi connectivity index (χ1) is 9.68. The fraction of sp³-hybridized carbons (Fsp3) is 0.188. The summed E-state index contributed by atoms with van der Waals surface area (Å²) < 4.78 is 13.4. The lowest BCUT2D eigenvalue weighted by Crippen LogP contribution is -2.35. The van der Waals surface area contributed by atoms with Crippen LogP contribution in [0.15, 0.2) is 54.6 Å². The number of carbonyl (C=O) groups is 1. The van der Waals surface area contributed by atoms with Crippen molar-refractivity contribution in [2.45, 2.75) is 12.5 Å². The Kier molecular flexibility index (Phi) is 4.85. The highest BCUT2D eigenvalue weighted by Gasteiger charge is 2.14. The van der Waals surface area contributed by atoms with Crippen LogP contribution in [0.3, 0.4) is 0 Å². The number of carbonyl (C=O) groups excluding carboxylic acids is 1. The molecule has 0 saturated heterocycles. The molecule has 2 aromatic rings. The molecule has 0 aliphatic carbocycles. The molecule has 0 radical (unpaired) electrons. The van der Waals surface area contributed by atoms with Gasteiger partial charge in [-0.1, -0.05) is 48.5 Å². The van der Waals surface area contributed by atoms with Crippen molar-refractivity contribution in [2.75, 3.05) is 6.54 Å². The number of amides is 1. The molecule has 1 amide bonds. The van der Waals surface area contributed by atoms with Crippen LogP contribution in [0.5, 0.6) is 0 Å². The zero-order valence-electron chi connectivity index (χ0n) is 11.1. The molecule has 0 aliphatic heterocycles. The monoisotopic (exact) mass is 272 g/mol. The lowest BCUT2D eigenvalue weighted by atomic mass is 10.1. The summed E-state index contributed by atoms with van der Waals surface area (Å²) in [6, 6.07) is 15.0. The average molecular weight is 272 g/mol. The lowest BCUT2D eigenvalue weighted by molar-refractivity contribution is -0.122. The van der Waals surface area contributed by atoms with Gasteiger partial charge in [0.25, 0.3) is 0 Å². The molecular formula is C16H17FN2O. The van der Waals surface area contributed by atoms with Crippen LogP contribution in [0.1, 0.15) is 17.2 Å². The molecule has 4 heteroatoms. The van der Waals surface area contributed by atoms with Crippen molar-refractivity contribution >= 4 is 5.91 Å². The van der Waals surface area contributed by atoms with Crippen molar-refractivity contribution < 1.29 is 9.18 Å². The summed E-state index contributed by atoms with van der Waals surface area (Å²) in [5.41, 5.74) is 7.21. The molecule has 1 atom stereocenters. The number of rotatable bonds is 5. The maximum absolute atomic E-state index is 13.4. The van der Waals surface area contributed by atoms with Crippen molar-refractivity contribution in [1.82, 2.24) is 5.32 Å². The van der Waals surface area contributed by atoms with Gasteiger partial charge >= 0.3 is 0 Å². The van der Waals surface area contributed by atoms with Gasteiger partial charge in [-0.3, -0.25) is 4.79 Å². The van der Waals surface area contributed by atoms with E-state index in [0.717, 1.165) is 5.56 Å². The predicted molar refractivity (Wildman–Crippen MR) is 76.5 cm³/mol. The highest BCUT2D eigenvalue weighted by atomic mass is 19.1. The molecule has 0 heterocycles. The smallest absolute Gasteiger partial charge is 0.241 e. The van der Waals surface area contributed by atoms with Crippen molar-refractivity contribution in [3.63, 3.8) is 0 Å². The molecule has 0 unspecified atom stereocenters. The second kappa shape index (κ2) is 6.82. The van der Waals surface area contributed by atoms with Crippen LogP contribution < -0.4 is 11.1 Å². The second-order valence-corrected chi connectivity index (χ2v) is 4.52.